The number of pyridine rings is 1. The molecule has 0 unspecified atom stereocenters. The van der Waals surface area contributed by atoms with E-state index in [0.717, 1.165) is 13.1 Å². The van der Waals surface area contributed by atoms with Gasteiger partial charge in [-0.3, -0.25) is 9.88 Å². The van der Waals surface area contributed by atoms with Crippen molar-refractivity contribution in [1.29, 1.82) is 5.26 Å². The smallest absolute Gasteiger partial charge is 0.244 e. The molecule has 1 fully saturated rings. The van der Waals surface area contributed by atoms with E-state index in [9.17, 15) is 13.5 Å². The van der Waals surface area contributed by atoms with Crippen LogP contribution >= 0.6 is 0 Å². The van der Waals surface area contributed by atoms with E-state index in [2.05, 4.69) is 25.8 Å². The van der Waals surface area contributed by atoms with Crippen LogP contribution in [0.1, 0.15) is 5.56 Å². The number of nitrogens with one attached hydrogen (secondary N) is 1. The van der Waals surface area contributed by atoms with Crippen LogP contribution in [0.3, 0.4) is 0 Å². The molecule has 168 valence electrons. The number of nitriles is 1. The summed E-state index contributed by atoms with van der Waals surface area (Å²) in [5.41, 5.74) is 2.01. The lowest BCUT2D eigenvalue weighted by atomic mass is 10.1. The van der Waals surface area contributed by atoms with Crippen molar-refractivity contribution in [1.82, 2.24) is 24.1 Å². The molecule has 1 aromatic carbocycles. The third-order valence-electron chi connectivity index (χ3n) is 5.73. The number of likely N-dealkylation sites (N-methyl/N-ethyl adjacent to an activating group) is 1. The fourth-order valence-corrected chi connectivity index (χ4v) is 5.24. The molecule has 0 atom stereocenters. The molecule has 10 heteroatoms. The zero-order chi connectivity index (χ0) is 22.9. The first-order valence-electron chi connectivity index (χ1n) is 10.4. The molecular weight excluding hydrogens is 428 g/mol. The first kappa shape index (κ1) is 22.2. The molecule has 0 saturated carbocycles. The summed E-state index contributed by atoms with van der Waals surface area (Å²) in [6.45, 7) is 4.15. The van der Waals surface area contributed by atoms with Gasteiger partial charge in [0, 0.05) is 50.9 Å². The van der Waals surface area contributed by atoms with Gasteiger partial charge in [0.2, 0.25) is 10.0 Å². The molecule has 9 nitrogen and oxygen atoms in total. The highest BCUT2D eigenvalue weighted by Crippen LogP contribution is 2.36. The standard InChI is InChI=1S/C22H26N6O3S/c1-26(2)7-8-27-9-11-28(12-10-27)32(30,31)17-4-6-19(24-15-17)21-18-5-3-16(14-23)13-20(18)25-22(21)29/h3-6,13,15,25,29H,7-12H2,1-2H3. The van der Waals surface area contributed by atoms with Crippen LogP contribution in [0, 0.1) is 11.3 Å². The van der Waals surface area contributed by atoms with Crippen LogP contribution in [0.25, 0.3) is 22.2 Å². The molecule has 3 heterocycles. The lowest BCUT2D eigenvalue weighted by Crippen LogP contribution is -2.49. The van der Waals surface area contributed by atoms with Crippen LogP contribution < -0.4 is 0 Å². The number of fused-ring (bicyclic) bond motifs is 1. The Bertz CT molecular complexity index is 1250. The number of piperazine rings is 1. The Labute approximate surface area is 187 Å². The predicted molar refractivity (Wildman–Crippen MR) is 122 cm³/mol. The number of aromatic nitrogens is 2. The van der Waals surface area contributed by atoms with Crippen molar-refractivity contribution in [2.75, 3.05) is 53.4 Å². The molecule has 1 aliphatic heterocycles. The fraction of sp³-hybridized carbons (Fsp3) is 0.364. The first-order chi connectivity index (χ1) is 15.3. The number of hydrogen-bond acceptors (Lipinski definition) is 7. The number of H-pyrrole nitrogens is 1. The normalized spacial score (nSPS) is 15.9. The number of sulfonamides is 1. The first-order valence-corrected chi connectivity index (χ1v) is 11.8. The highest BCUT2D eigenvalue weighted by atomic mass is 32.2. The van der Waals surface area contributed by atoms with Gasteiger partial charge in [-0.2, -0.15) is 9.57 Å². The molecule has 0 radical (unpaired) electrons. The molecule has 2 N–H and O–H groups in total. The van der Waals surface area contributed by atoms with Crippen molar-refractivity contribution in [2.24, 2.45) is 0 Å². The summed E-state index contributed by atoms with van der Waals surface area (Å²) < 4.78 is 27.7. The zero-order valence-corrected chi connectivity index (χ0v) is 18.9. The van der Waals surface area contributed by atoms with Gasteiger partial charge in [0.15, 0.2) is 5.88 Å². The Morgan fingerprint density at radius 3 is 2.56 bits per heavy atom. The second-order valence-electron chi connectivity index (χ2n) is 8.15. The number of nitrogens with zero attached hydrogens (tertiary/aromatic N) is 5. The molecule has 0 amide bonds. The minimum absolute atomic E-state index is 0.0768. The SMILES string of the molecule is CN(C)CCN1CCN(S(=O)(=O)c2ccc(-c3c(O)[nH]c4cc(C#N)ccc34)nc2)CC1. The van der Waals surface area contributed by atoms with Gasteiger partial charge in [0.05, 0.1) is 28.4 Å². The Hall–Kier alpha value is -2.97. The van der Waals surface area contributed by atoms with E-state index in [1.165, 1.54) is 16.6 Å². The lowest BCUT2D eigenvalue weighted by molar-refractivity contribution is 0.174. The molecule has 4 rings (SSSR count). The summed E-state index contributed by atoms with van der Waals surface area (Å²) in [6, 6.07) is 10.2. The summed E-state index contributed by atoms with van der Waals surface area (Å²) in [4.78, 5) is 11.7. The molecule has 2 aromatic heterocycles. The van der Waals surface area contributed by atoms with Crippen molar-refractivity contribution < 1.29 is 13.5 Å². The van der Waals surface area contributed by atoms with E-state index in [-0.39, 0.29) is 10.8 Å². The maximum absolute atomic E-state index is 13.1. The van der Waals surface area contributed by atoms with Crippen LogP contribution in [0.5, 0.6) is 5.88 Å². The number of aromatic hydroxyl groups is 1. The van der Waals surface area contributed by atoms with E-state index < -0.39 is 10.0 Å². The lowest BCUT2D eigenvalue weighted by Gasteiger charge is -2.34. The summed E-state index contributed by atoms with van der Waals surface area (Å²) in [6.07, 6.45) is 1.34. The van der Waals surface area contributed by atoms with E-state index in [1.807, 2.05) is 14.1 Å². The van der Waals surface area contributed by atoms with E-state index >= 15 is 0 Å². The van der Waals surface area contributed by atoms with Crippen molar-refractivity contribution in [2.45, 2.75) is 4.90 Å². The van der Waals surface area contributed by atoms with E-state index in [4.69, 9.17) is 5.26 Å². The summed E-state index contributed by atoms with van der Waals surface area (Å²) >= 11 is 0. The van der Waals surface area contributed by atoms with Crippen molar-refractivity contribution in [3.05, 3.63) is 42.1 Å². The third-order valence-corrected chi connectivity index (χ3v) is 7.62. The number of hydrogen-bond donors (Lipinski definition) is 2. The zero-order valence-electron chi connectivity index (χ0n) is 18.1. The molecule has 0 spiro atoms. The molecule has 1 aliphatic rings. The maximum Gasteiger partial charge on any atom is 0.244 e. The van der Waals surface area contributed by atoms with Gasteiger partial charge in [-0.1, -0.05) is 6.07 Å². The highest BCUT2D eigenvalue weighted by Gasteiger charge is 2.29. The van der Waals surface area contributed by atoms with E-state index in [1.54, 1.807) is 24.3 Å². The predicted octanol–water partition coefficient (Wildman–Crippen LogP) is 1.68. The van der Waals surface area contributed by atoms with Crippen molar-refractivity contribution in [3.8, 4) is 23.2 Å². The molecule has 3 aromatic rings. The minimum atomic E-state index is -3.64. The molecular formula is C22H26N6O3S. The number of benzene rings is 1. The van der Waals surface area contributed by atoms with Gasteiger partial charge < -0.3 is 15.0 Å². The Balaban J connectivity index is 1.52. The topological polar surface area (TPSA) is 117 Å². The second-order valence-corrected chi connectivity index (χ2v) is 10.1. The number of aromatic amines is 1. The van der Waals surface area contributed by atoms with Crippen LogP contribution in [0.15, 0.2) is 41.4 Å². The monoisotopic (exact) mass is 454 g/mol. The molecule has 1 saturated heterocycles. The molecule has 0 bridgehead atoms. The van der Waals surface area contributed by atoms with E-state index in [0.29, 0.717) is 53.9 Å². The fourth-order valence-electron chi connectivity index (χ4n) is 3.88. The minimum Gasteiger partial charge on any atom is -0.494 e. The Kier molecular flexibility index (Phi) is 6.17. The Morgan fingerprint density at radius 1 is 1.19 bits per heavy atom. The highest BCUT2D eigenvalue weighted by molar-refractivity contribution is 7.89. The van der Waals surface area contributed by atoms with Gasteiger partial charge >= 0.3 is 0 Å². The van der Waals surface area contributed by atoms with Crippen LogP contribution in [-0.4, -0.2) is 91.0 Å². The van der Waals surface area contributed by atoms with Gasteiger partial charge in [-0.05, 0) is 38.4 Å². The Morgan fingerprint density at radius 2 is 1.94 bits per heavy atom. The average molecular weight is 455 g/mol. The van der Waals surface area contributed by atoms with Gasteiger partial charge in [0.1, 0.15) is 4.90 Å². The van der Waals surface area contributed by atoms with Gasteiger partial charge in [-0.15, -0.1) is 0 Å². The summed E-state index contributed by atoms with van der Waals surface area (Å²) in [5.74, 6) is -0.0768. The average Bonchev–Trinajstić information content (AvgIpc) is 3.12. The van der Waals surface area contributed by atoms with Gasteiger partial charge in [-0.25, -0.2) is 8.42 Å². The quantitative estimate of drug-likeness (QED) is 0.582. The molecule has 0 aliphatic carbocycles. The van der Waals surface area contributed by atoms with Crippen molar-refractivity contribution >= 4 is 20.9 Å². The second kappa shape index (κ2) is 8.88. The summed E-state index contributed by atoms with van der Waals surface area (Å²) in [7, 11) is 0.413. The van der Waals surface area contributed by atoms with Gasteiger partial charge in [0.25, 0.3) is 0 Å². The number of rotatable bonds is 6. The van der Waals surface area contributed by atoms with Crippen LogP contribution in [-0.2, 0) is 10.0 Å². The third kappa shape index (κ3) is 4.33. The van der Waals surface area contributed by atoms with Crippen LogP contribution in [0.2, 0.25) is 0 Å². The molecule has 32 heavy (non-hydrogen) atoms. The van der Waals surface area contributed by atoms with Crippen LogP contribution in [0.4, 0.5) is 0 Å². The maximum atomic E-state index is 13.1. The van der Waals surface area contributed by atoms with Crippen molar-refractivity contribution in [3.63, 3.8) is 0 Å². The summed E-state index contributed by atoms with van der Waals surface area (Å²) in [5, 5.41) is 20.1. The largest absolute Gasteiger partial charge is 0.494 e.